The molecule has 0 atom stereocenters. The molecule has 0 unspecified atom stereocenters. The van der Waals surface area contributed by atoms with Crippen molar-refractivity contribution in [3.63, 3.8) is 0 Å². The molecule has 27 heavy (non-hydrogen) atoms. The minimum absolute atomic E-state index is 0.600. The fraction of sp³-hybridized carbons (Fsp3) is 0.350. The van der Waals surface area contributed by atoms with Crippen LogP contribution in [0.1, 0.15) is 11.1 Å². The van der Waals surface area contributed by atoms with E-state index in [0.717, 1.165) is 39.2 Å². The van der Waals surface area contributed by atoms with E-state index in [0.29, 0.717) is 19.8 Å². The Morgan fingerprint density at radius 3 is 2.44 bits per heavy atom. The predicted octanol–water partition coefficient (Wildman–Crippen LogP) is 3.77. The average molecular weight is 385 g/mol. The Morgan fingerprint density at radius 2 is 1.74 bits per heavy atom. The first-order valence-electron chi connectivity index (χ1n) is 8.85. The number of aromatic nitrogens is 4. The highest BCUT2D eigenvalue weighted by Gasteiger charge is 2.14. The molecule has 0 saturated carbocycles. The molecular formula is C20H24N4O2S. The molecule has 0 fully saturated rings. The van der Waals surface area contributed by atoms with Crippen molar-refractivity contribution in [3.8, 4) is 17.1 Å². The van der Waals surface area contributed by atoms with Gasteiger partial charge < -0.3 is 9.47 Å². The molecule has 0 aliphatic rings. The van der Waals surface area contributed by atoms with Gasteiger partial charge in [-0.3, -0.25) is 9.55 Å². The quantitative estimate of drug-likeness (QED) is 0.413. The van der Waals surface area contributed by atoms with Gasteiger partial charge in [0.15, 0.2) is 11.0 Å². The van der Waals surface area contributed by atoms with E-state index in [2.05, 4.69) is 45.7 Å². The summed E-state index contributed by atoms with van der Waals surface area (Å²) in [5, 5.41) is 9.61. The predicted molar refractivity (Wildman–Crippen MR) is 107 cm³/mol. The molecule has 2 heterocycles. The van der Waals surface area contributed by atoms with E-state index >= 15 is 0 Å². The minimum Gasteiger partial charge on any atom is -0.492 e. The first-order chi connectivity index (χ1) is 13.2. The molecule has 3 aromatic rings. The largest absolute Gasteiger partial charge is 0.492 e. The number of aryl methyl sites for hydroxylation is 2. The van der Waals surface area contributed by atoms with Crippen LogP contribution < -0.4 is 4.74 Å². The van der Waals surface area contributed by atoms with Crippen LogP contribution in [0, 0.1) is 13.8 Å². The molecule has 0 bridgehead atoms. The fourth-order valence-corrected chi connectivity index (χ4v) is 3.58. The Morgan fingerprint density at radius 1 is 1.00 bits per heavy atom. The maximum absolute atomic E-state index is 5.99. The van der Waals surface area contributed by atoms with Gasteiger partial charge >= 0.3 is 0 Å². The van der Waals surface area contributed by atoms with Crippen LogP contribution in [0.2, 0.25) is 0 Å². The van der Waals surface area contributed by atoms with Crippen LogP contribution in [-0.2, 0) is 11.3 Å². The van der Waals surface area contributed by atoms with E-state index < -0.39 is 0 Å². The molecule has 0 aliphatic heterocycles. The van der Waals surface area contributed by atoms with Gasteiger partial charge in [0.05, 0.1) is 19.8 Å². The number of hydrogen-bond donors (Lipinski definition) is 0. The summed E-state index contributed by atoms with van der Waals surface area (Å²) in [6.45, 7) is 6.04. The highest BCUT2D eigenvalue weighted by atomic mass is 32.2. The number of nitrogens with zero attached hydrogens (tertiary/aromatic N) is 4. The molecule has 0 N–H and O–H groups in total. The molecule has 0 aliphatic carbocycles. The van der Waals surface area contributed by atoms with Crippen molar-refractivity contribution in [2.24, 2.45) is 0 Å². The van der Waals surface area contributed by atoms with Crippen molar-refractivity contribution >= 4 is 11.8 Å². The lowest BCUT2D eigenvalue weighted by atomic mass is 10.1. The van der Waals surface area contributed by atoms with Crippen LogP contribution in [0.4, 0.5) is 0 Å². The standard InChI is InChI=1S/C20H24N4O2S/c1-15-5-4-6-16(2)18(15)26-13-14-27-20-23-22-19(24(20)11-12-25-3)17-7-9-21-10-8-17/h4-10H,11-14H2,1-3H3. The van der Waals surface area contributed by atoms with Crippen molar-refractivity contribution in [2.75, 3.05) is 26.1 Å². The number of benzene rings is 1. The smallest absolute Gasteiger partial charge is 0.191 e. The summed E-state index contributed by atoms with van der Waals surface area (Å²) >= 11 is 1.64. The second kappa shape index (κ2) is 9.53. The van der Waals surface area contributed by atoms with Gasteiger partial charge in [-0.15, -0.1) is 10.2 Å². The molecule has 142 valence electrons. The lowest BCUT2D eigenvalue weighted by Crippen LogP contribution is -2.09. The van der Waals surface area contributed by atoms with Crippen LogP contribution in [0.3, 0.4) is 0 Å². The Labute approximate surface area is 163 Å². The van der Waals surface area contributed by atoms with Crippen molar-refractivity contribution in [1.82, 2.24) is 19.7 Å². The second-order valence-corrected chi connectivity index (χ2v) is 7.17. The number of hydrogen-bond acceptors (Lipinski definition) is 6. The van der Waals surface area contributed by atoms with Crippen LogP contribution in [-0.4, -0.2) is 45.8 Å². The normalized spacial score (nSPS) is 10.9. The minimum atomic E-state index is 0.600. The number of para-hydroxylation sites is 1. The zero-order valence-corrected chi connectivity index (χ0v) is 16.7. The van der Waals surface area contributed by atoms with Crippen molar-refractivity contribution in [2.45, 2.75) is 25.5 Å². The van der Waals surface area contributed by atoms with Gasteiger partial charge in [0, 0.05) is 30.8 Å². The summed E-state index contributed by atoms with van der Waals surface area (Å²) in [7, 11) is 1.70. The molecule has 0 radical (unpaired) electrons. The highest BCUT2D eigenvalue weighted by molar-refractivity contribution is 7.99. The van der Waals surface area contributed by atoms with E-state index in [1.165, 1.54) is 0 Å². The lowest BCUT2D eigenvalue weighted by molar-refractivity contribution is 0.185. The van der Waals surface area contributed by atoms with Gasteiger partial charge in [-0.2, -0.15) is 0 Å². The molecule has 0 amide bonds. The summed E-state index contributed by atoms with van der Waals surface area (Å²) in [6.07, 6.45) is 3.52. The maximum Gasteiger partial charge on any atom is 0.191 e. The van der Waals surface area contributed by atoms with Gasteiger partial charge in [-0.25, -0.2) is 0 Å². The lowest BCUT2D eigenvalue weighted by Gasteiger charge is -2.12. The topological polar surface area (TPSA) is 62.1 Å². The number of thioether (sulfide) groups is 1. The first kappa shape index (κ1) is 19.4. The maximum atomic E-state index is 5.99. The first-order valence-corrected chi connectivity index (χ1v) is 9.83. The van der Waals surface area contributed by atoms with Gasteiger partial charge in [0.25, 0.3) is 0 Å². The molecule has 3 rings (SSSR count). The van der Waals surface area contributed by atoms with Crippen molar-refractivity contribution in [3.05, 3.63) is 53.9 Å². The van der Waals surface area contributed by atoms with E-state index in [-0.39, 0.29) is 0 Å². The monoisotopic (exact) mass is 384 g/mol. The number of pyridine rings is 1. The summed E-state index contributed by atoms with van der Waals surface area (Å²) in [4.78, 5) is 4.07. The Hall–Kier alpha value is -2.38. The Kier molecular flexibility index (Phi) is 6.84. The third-order valence-electron chi connectivity index (χ3n) is 4.14. The molecule has 0 saturated heterocycles. The third kappa shape index (κ3) is 4.87. The van der Waals surface area contributed by atoms with Crippen LogP contribution in [0.5, 0.6) is 5.75 Å². The molecular weight excluding hydrogens is 360 g/mol. The van der Waals surface area contributed by atoms with Crippen molar-refractivity contribution in [1.29, 1.82) is 0 Å². The molecule has 6 nitrogen and oxygen atoms in total. The SMILES string of the molecule is COCCn1c(SCCOc2c(C)cccc2C)nnc1-c1ccncc1. The van der Waals surface area contributed by atoms with E-state index in [1.54, 1.807) is 31.3 Å². The summed E-state index contributed by atoms with van der Waals surface area (Å²) < 4.78 is 13.3. The zero-order chi connectivity index (χ0) is 19.1. The highest BCUT2D eigenvalue weighted by Crippen LogP contribution is 2.25. The van der Waals surface area contributed by atoms with E-state index in [4.69, 9.17) is 9.47 Å². The second-order valence-electron chi connectivity index (χ2n) is 6.10. The van der Waals surface area contributed by atoms with Crippen molar-refractivity contribution < 1.29 is 9.47 Å². The average Bonchev–Trinajstić information content (AvgIpc) is 3.08. The molecule has 7 heteroatoms. The molecule has 1 aromatic carbocycles. The number of methoxy groups -OCH3 is 1. The fourth-order valence-electron chi connectivity index (χ4n) is 2.80. The molecule has 0 spiro atoms. The number of rotatable bonds is 9. The van der Waals surface area contributed by atoms with E-state index in [1.807, 2.05) is 18.2 Å². The number of ether oxygens (including phenoxy) is 2. The summed E-state index contributed by atoms with van der Waals surface area (Å²) in [5.41, 5.74) is 3.30. The van der Waals surface area contributed by atoms with Gasteiger partial charge in [0.2, 0.25) is 0 Å². The third-order valence-corrected chi connectivity index (χ3v) is 5.08. The summed E-state index contributed by atoms with van der Waals surface area (Å²) in [6, 6.07) is 10.1. The van der Waals surface area contributed by atoms with Crippen LogP contribution in [0.15, 0.2) is 47.9 Å². The zero-order valence-electron chi connectivity index (χ0n) is 15.9. The Balaban J connectivity index is 1.67. The molecule has 2 aromatic heterocycles. The van der Waals surface area contributed by atoms with Crippen LogP contribution >= 0.6 is 11.8 Å². The van der Waals surface area contributed by atoms with Gasteiger partial charge in [-0.05, 0) is 37.1 Å². The summed E-state index contributed by atoms with van der Waals surface area (Å²) in [5.74, 6) is 2.58. The van der Waals surface area contributed by atoms with Gasteiger partial charge in [0.1, 0.15) is 5.75 Å². The van der Waals surface area contributed by atoms with Crippen LogP contribution in [0.25, 0.3) is 11.4 Å². The van der Waals surface area contributed by atoms with Gasteiger partial charge in [-0.1, -0.05) is 30.0 Å². The van der Waals surface area contributed by atoms with E-state index in [9.17, 15) is 0 Å². The Bertz CT molecular complexity index is 847.